The summed E-state index contributed by atoms with van der Waals surface area (Å²) in [7, 11) is 0. The molecule has 0 aromatic heterocycles. The molecule has 0 aliphatic carbocycles. The third kappa shape index (κ3) is 5.65. The van der Waals surface area contributed by atoms with Crippen LogP contribution in [-0.2, 0) is 0 Å². The molecule has 0 atom stereocenters. The van der Waals surface area contributed by atoms with Crippen LogP contribution in [0.4, 0.5) is 5.69 Å². The minimum absolute atomic E-state index is 0. The smallest absolute Gasteiger partial charge is 0.235 e. The Bertz CT molecular complexity index is 680. The second kappa shape index (κ2) is 9.27. The second-order valence-electron chi connectivity index (χ2n) is 3.81. The number of nitrogens with zero attached hydrogens (tertiary/aromatic N) is 1. The molecular formula is C14H10ClKNO2S2. The number of hydrogen-bond donors (Lipinski definition) is 1. The summed E-state index contributed by atoms with van der Waals surface area (Å²) in [4.78, 5) is 0. The maximum Gasteiger partial charge on any atom is 0.235 e. The van der Waals surface area contributed by atoms with Gasteiger partial charge in [0, 0.05) is 57.5 Å². The zero-order valence-electron chi connectivity index (χ0n) is 11.2. The number of halogens is 1. The van der Waals surface area contributed by atoms with E-state index < -0.39 is 0 Å². The van der Waals surface area contributed by atoms with Crippen LogP contribution in [0.5, 0.6) is 5.75 Å². The third-order valence-corrected chi connectivity index (χ3v) is 2.96. The van der Waals surface area contributed by atoms with Crippen LogP contribution >= 0.6 is 36.4 Å². The van der Waals surface area contributed by atoms with Crippen LogP contribution in [0.2, 0.25) is 5.02 Å². The minimum Gasteiger partial charge on any atom is -0.618 e. The van der Waals surface area contributed by atoms with Crippen molar-refractivity contribution >= 4 is 104 Å². The fraction of sp³-hybridized carbons (Fsp3) is 0. The van der Waals surface area contributed by atoms with Crippen LogP contribution in [0.1, 0.15) is 5.56 Å². The summed E-state index contributed by atoms with van der Waals surface area (Å²) in [6, 6.07) is 13.8. The summed E-state index contributed by atoms with van der Waals surface area (Å²) < 4.78 is 6.05. The van der Waals surface area contributed by atoms with E-state index in [9.17, 15) is 5.21 Å². The molecule has 7 heteroatoms. The van der Waals surface area contributed by atoms with Crippen molar-refractivity contribution < 1.29 is 9.48 Å². The molecule has 21 heavy (non-hydrogen) atoms. The Hall–Kier alpha value is 0.0764. The van der Waals surface area contributed by atoms with Crippen LogP contribution < -0.4 is 4.74 Å². The van der Waals surface area contributed by atoms with Crippen LogP contribution in [0.3, 0.4) is 0 Å². The Labute approximate surface area is 181 Å². The zero-order chi connectivity index (χ0) is 14.5. The number of benzene rings is 2. The van der Waals surface area contributed by atoms with Gasteiger partial charge in [0.2, 0.25) is 10.1 Å². The van der Waals surface area contributed by atoms with E-state index in [0.717, 1.165) is 0 Å². The van der Waals surface area contributed by atoms with Gasteiger partial charge < -0.3 is 9.94 Å². The number of hydrogen-bond acceptors (Lipinski definition) is 3. The molecule has 2 aromatic rings. The van der Waals surface area contributed by atoms with Crippen LogP contribution in [-0.4, -0.2) is 66.7 Å². The standard InChI is InChI=1S/C14H10ClNO2S2.K/c15-11-6-2-3-7-12(11)16(17)9-10-5-1-4-8-13(10)18-14(19)20;/h1-9H,(H,19,20);/b16-9-;. The minimum atomic E-state index is 0. The fourth-order valence-corrected chi connectivity index (χ4v) is 2.01. The molecule has 1 radical (unpaired) electrons. The molecule has 0 spiro atoms. The van der Waals surface area contributed by atoms with Crippen molar-refractivity contribution in [2.75, 3.05) is 0 Å². The molecule has 3 nitrogen and oxygen atoms in total. The number of thiol groups is 1. The predicted octanol–water partition coefficient (Wildman–Crippen LogP) is 3.81. The molecule has 0 N–H and O–H groups in total. The monoisotopic (exact) mass is 362 g/mol. The molecule has 0 aliphatic rings. The third-order valence-electron chi connectivity index (χ3n) is 2.46. The topological polar surface area (TPSA) is 35.3 Å². The van der Waals surface area contributed by atoms with Crippen LogP contribution in [0.15, 0.2) is 48.5 Å². The molecular weight excluding hydrogens is 353 g/mol. The first-order valence-electron chi connectivity index (χ1n) is 5.63. The molecule has 0 amide bonds. The van der Waals surface area contributed by atoms with E-state index in [1.807, 2.05) is 0 Å². The van der Waals surface area contributed by atoms with Gasteiger partial charge >= 0.3 is 0 Å². The van der Waals surface area contributed by atoms with Crippen molar-refractivity contribution in [2.24, 2.45) is 0 Å². The fourth-order valence-electron chi connectivity index (χ4n) is 1.60. The normalized spacial score (nSPS) is 10.7. The zero-order valence-corrected chi connectivity index (χ0v) is 16.8. The van der Waals surface area contributed by atoms with Gasteiger partial charge in [-0.05, 0) is 30.4 Å². The summed E-state index contributed by atoms with van der Waals surface area (Å²) in [6.45, 7) is 0. The summed E-state index contributed by atoms with van der Waals surface area (Å²) >= 11 is 14.7. The average molecular weight is 363 g/mol. The molecule has 103 valence electrons. The number of ether oxygens (including phenoxy) is 1. The van der Waals surface area contributed by atoms with Crippen molar-refractivity contribution in [2.45, 2.75) is 0 Å². The summed E-state index contributed by atoms with van der Waals surface area (Å²) in [5, 5.41) is 12.5. The van der Waals surface area contributed by atoms with Crippen molar-refractivity contribution in [1.29, 1.82) is 0 Å². The van der Waals surface area contributed by atoms with E-state index in [1.54, 1.807) is 48.5 Å². The van der Waals surface area contributed by atoms with Gasteiger partial charge in [-0.3, -0.25) is 0 Å². The first kappa shape index (κ1) is 19.1. The molecule has 0 unspecified atom stereocenters. The van der Waals surface area contributed by atoms with Gasteiger partial charge in [0.05, 0.1) is 5.56 Å². The maximum atomic E-state index is 12.1. The maximum absolute atomic E-state index is 12.1. The van der Waals surface area contributed by atoms with Crippen LogP contribution in [0.25, 0.3) is 0 Å². The number of rotatable bonds is 3. The van der Waals surface area contributed by atoms with E-state index in [0.29, 0.717) is 26.8 Å². The van der Waals surface area contributed by atoms with E-state index in [4.69, 9.17) is 28.6 Å². The molecule has 0 aliphatic heterocycles. The predicted molar refractivity (Wildman–Crippen MR) is 94.3 cm³/mol. The molecule has 0 bridgehead atoms. The van der Waals surface area contributed by atoms with Gasteiger partial charge in [-0.1, -0.05) is 48.5 Å². The largest absolute Gasteiger partial charge is 0.618 e. The molecule has 0 saturated carbocycles. The van der Waals surface area contributed by atoms with Crippen molar-refractivity contribution in [3.05, 3.63) is 64.3 Å². The summed E-state index contributed by atoms with van der Waals surface area (Å²) in [5.41, 5.74) is 0.941. The molecule has 2 rings (SSSR count). The Balaban J connectivity index is 0.00000220. The van der Waals surface area contributed by atoms with Gasteiger partial charge in [-0.2, -0.15) is 4.74 Å². The Morgan fingerprint density at radius 1 is 1.19 bits per heavy atom. The SMILES string of the molecule is [K].[O-]/[N+](=C\c1ccccc1OC(=S)S)c1ccccc1Cl. The Kier molecular flexibility index (Phi) is 8.44. The van der Waals surface area contributed by atoms with E-state index in [2.05, 4.69) is 12.6 Å². The Morgan fingerprint density at radius 3 is 2.48 bits per heavy atom. The average Bonchev–Trinajstić information content (AvgIpc) is 2.41. The molecule has 0 saturated heterocycles. The number of thiocarbonyl (C=S) groups is 1. The molecule has 0 fully saturated rings. The first-order valence-corrected chi connectivity index (χ1v) is 6.87. The second-order valence-corrected chi connectivity index (χ2v) is 5.30. The first-order chi connectivity index (χ1) is 9.58. The van der Waals surface area contributed by atoms with Gasteiger partial charge in [0.15, 0.2) is 6.21 Å². The Morgan fingerprint density at radius 2 is 1.81 bits per heavy atom. The summed E-state index contributed by atoms with van der Waals surface area (Å²) in [6.07, 6.45) is 1.38. The van der Waals surface area contributed by atoms with Gasteiger partial charge in [-0.15, -0.1) is 0 Å². The van der Waals surface area contributed by atoms with Crippen molar-refractivity contribution in [3.63, 3.8) is 0 Å². The molecule has 2 aromatic carbocycles. The summed E-state index contributed by atoms with van der Waals surface area (Å²) in [5.74, 6) is 0.459. The number of para-hydroxylation sites is 2. The van der Waals surface area contributed by atoms with Gasteiger partial charge in [-0.25, -0.2) is 0 Å². The van der Waals surface area contributed by atoms with Gasteiger partial charge in [0.1, 0.15) is 10.8 Å². The van der Waals surface area contributed by atoms with E-state index >= 15 is 0 Å². The van der Waals surface area contributed by atoms with Crippen LogP contribution in [0, 0.1) is 5.21 Å². The van der Waals surface area contributed by atoms with Crippen molar-refractivity contribution in [3.8, 4) is 5.75 Å². The van der Waals surface area contributed by atoms with Gasteiger partial charge in [0.25, 0.3) is 0 Å². The molecule has 0 heterocycles. The van der Waals surface area contributed by atoms with Crippen molar-refractivity contribution in [1.82, 2.24) is 0 Å². The van der Waals surface area contributed by atoms with E-state index in [1.165, 1.54) is 6.21 Å². The quantitative estimate of drug-likeness (QED) is 0.171. The van der Waals surface area contributed by atoms with E-state index in [-0.39, 0.29) is 55.8 Å².